The molecule has 0 unspecified atom stereocenters. The van der Waals surface area contributed by atoms with Crippen LogP contribution in [0.2, 0.25) is 0 Å². The zero-order valence-electron chi connectivity index (χ0n) is 7.26. The summed E-state index contributed by atoms with van der Waals surface area (Å²) in [6.07, 6.45) is 2.37. The van der Waals surface area contributed by atoms with Crippen LogP contribution >= 0.6 is 0 Å². The van der Waals surface area contributed by atoms with Crippen molar-refractivity contribution in [1.82, 2.24) is 0 Å². The summed E-state index contributed by atoms with van der Waals surface area (Å²) in [5.41, 5.74) is 3.82. The van der Waals surface area contributed by atoms with E-state index in [2.05, 4.69) is 25.1 Å². The van der Waals surface area contributed by atoms with Crippen molar-refractivity contribution < 1.29 is 4.79 Å². The maximum Gasteiger partial charge on any atom is 0.141 e. The van der Waals surface area contributed by atoms with Gasteiger partial charge in [-0.2, -0.15) is 0 Å². The van der Waals surface area contributed by atoms with Gasteiger partial charge in [-0.1, -0.05) is 25.1 Å². The first kappa shape index (κ1) is 7.53. The number of Topliss-reactive ketones (excluding diaryl/α,β-unsaturated/α-hetero) is 1. The highest BCUT2D eigenvalue weighted by Crippen LogP contribution is 2.20. The second-order valence-electron chi connectivity index (χ2n) is 3.35. The Kier molecular flexibility index (Phi) is 1.72. The Morgan fingerprint density at radius 3 is 2.75 bits per heavy atom. The Bertz CT molecular complexity index is 326. The number of rotatable bonds is 1. The zero-order valence-corrected chi connectivity index (χ0v) is 7.26. The first-order chi connectivity index (χ1) is 5.79. The molecule has 0 atom stereocenters. The van der Waals surface area contributed by atoms with Crippen molar-refractivity contribution in [1.29, 1.82) is 0 Å². The summed E-state index contributed by atoms with van der Waals surface area (Å²) in [5, 5.41) is 0. The van der Waals surface area contributed by atoms with Crippen molar-refractivity contribution in [2.75, 3.05) is 0 Å². The third-order valence-electron chi connectivity index (χ3n) is 2.45. The number of hydrogen-bond acceptors (Lipinski definition) is 1. The van der Waals surface area contributed by atoms with Crippen LogP contribution in [-0.4, -0.2) is 5.78 Å². The average Bonchev–Trinajstić information content (AvgIpc) is 2.43. The number of hydrogen-bond donors (Lipinski definition) is 0. The summed E-state index contributed by atoms with van der Waals surface area (Å²) in [4.78, 5) is 11.1. The Hall–Kier alpha value is -1.11. The van der Waals surface area contributed by atoms with Crippen molar-refractivity contribution in [2.45, 2.75) is 26.2 Å². The van der Waals surface area contributed by atoms with Gasteiger partial charge in [0, 0.05) is 12.8 Å². The van der Waals surface area contributed by atoms with E-state index in [-0.39, 0.29) is 0 Å². The van der Waals surface area contributed by atoms with Crippen LogP contribution in [0.5, 0.6) is 0 Å². The minimum Gasteiger partial charge on any atom is -0.299 e. The van der Waals surface area contributed by atoms with Gasteiger partial charge in [0.05, 0.1) is 0 Å². The molecule has 0 saturated heterocycles. The molecule has 0 N–H and O–H groups in total. The van der Waals surface area contributed by atoms with Gasteiger partial charge in [0.25, 0.3) is 0 Å². The van der Waals surface area contributed by atoms with Crippen molar-refractivity contribution >= 4 is 5.78 Å². The van der Waals surface area contributed by atoms with Crippen LogP contribution in [0, 0.1) is 0 Å². The molecule has 2 rings (SSSR count). The highest BCUT2D eigenvalue weighted by atomic mass is 16.1. The van der Waals surface area contributed by atoms with E-state index < -0.39 is 0 Å². The summed E-state index contributed by atoms with van der Waals surface area (Å²) < 4.78 is 0. The molecule has 12 heavy (non-hydrogen) atoms. The Balaban J connectivity index is 2.41. The molecule has 0 aliphatic heterocycles. The second kappa shape index (κ2) is 2.74. The van der Waals surface area contributed by atoms with E-state index in [1.807, 2.05) is 0 Å². The summed E-state index contributed by atoms with van der Waals surface area (Å²) in [7, 11) is 0. The van der Waals surface area contributed by atoms with E-state index in [1.165, 1.54) is 16.7 Å². The summed E-state index contributed by atoms with van der Waals surface area (Å²) >= 11 is 0. The van der Waals surface area contributed by atoms with E-state index in [0.29, 0.717) is 18.6 Å². The normalized spacial score (nSPS) is 14.9. The topological polar surface area (TPSA) is 17.1 Å². The van der Waals surface area contributed by atoms with E-state index in [1.54, 1.807) is 0 Å². The molecule has 0 bridgehead atoms. The molecule has 0 saturated carbocycles. The third-order valence-corrected chi connectivity index (χ3v) is 2.45. The molecule has 1 aliphatic rings. The second-order valence-corrected chi connectivity index (χ2v) is 3.35. The van der Waals surface area contributed by atoms with E-state index in [0.717, 1.165) is 6.42 Å². The van der Waals surface area contributed by atoms with Gasteiger partial charge in [-0.25, -0.2) is 0 Å². The molecule has 1 heteroatoms. The predicted octanol–water partition coefficient (Wildman–Crippen LogP) is 1.92. The predicted molar refractivity (Wildman–Crippen MR) is 48.2 cm³/mol. The van der Waals surface area contributed by atoms with Crippen molar-refractivity contribution in [3.05, 3.63) is 34.9 Å². The molecular formula is C11H12O. The van der Waals surface area contributed by atoms with Crippen LogP contribution in [0.4, 0.5) is 0 Å². The number of carbonyl (C=O) groups is 1. The zero-order chi connectivity index (χ0) is 8.55. The fourth-order valence-corrected chi connectivity index (χ4v) is 1.72. The largest absolute Gasteiger partial charge is 0.299 e. The number of benzene rings is 1. The Morgan fingerprint density at radius 1 is 1.25 bits per heavy atom. The fourth-order valence-electron chi connectivity index (χ4n) is 1.72. The third kappa shape index (κ3) is 1.15. The molecule has 0 heterocycles. The highest BCUT2D eigenvalue weighted by molar-refractivity contribution is 5.87. The van der Waals surface area contributed by atoms with Crippen LogP contribution in [0.1, 0.15) is 23.6 Å². The molecule has 1 aromatic rings. The first-order valence-electron chi connectivity index (χ1n) is 4.42. The van der Waals surface area contributed by atoms with E-state index in [4.69, 9.17) is 0 Å². The maximum atomic E-state index is 11.1. The van der Waals surface area contributed by atoms with Gasteiger partial charge < -0.3 is 0 Å². The molecular weight excluding hydrogens is 148 g/mol. The Morgan fingerprint density at radius 2 is 2.00 bits per heavy atom. The molecule has 1 nitrogen and oxygen atoms in total. The molecule has 1 aromatic carbocycles. The molecule has 1 aliphatic carbocycles. The van der Waals surface area contributed by atoms with Crippen LogP contribution in [-0.2, 0) is 24.1 Å². The highest BCUT2D eigenvalue weighted by Gasteiger charge is 2.17. The molecule has 0 radical (unpaired) electrons. The molecule has 0 spiro atoms. The Labute approximate surface area is 72.4 Å². The minimum atomic E-state index is 0.359. The van der Waals surface area contributed by atoms with Crippen LogP contribution in [0.25, 0.3) is 0 Å². The number of aryl methyl sites for hydroxylation is 1. The molecule has 0 aromatic heterocycles. The first-order valence-corrected chi connectivity index (χ1v) is 4.42. The summed E-state index contributed by atoms with van der Waals surface area (Å²) in [6, 6.07) is 6.39. The molecule has 62 valence electrons. The fraction of sp³-hybridized carbons (Fsp3) is 0.364. The van der Waals surface area contributed by atoms with Crippen molar-refractivity contribution in [3.8, 4) is 0 Å². The minimum absolute atomic E-state index is 0.359. The maximum absolute atomic E-state index is 11.1. The van der Waals surface area contributed by atoms with Crippen LogP contribution in [0.15, 0.2) is 18.2 Å². The number of ketones is 1. The lowest BCUT2D eigenvalue weighted by molar-refractivity contribution is -0.117. The lowest BCUT2D eigenvalue weighted by atomic mass is 10.1. The molecule has 0 amide bonds. The van der Waals surface area contributed by atoms with Crippen LogP contribution in [0.3, 0.4) is 0 Å². The smallest absolute Gasteiger partial charge is 0.141 e. The number of carbonyl (C=O) groups excluding carboxylic acids is 1. The van der Waals surface area contributed by atoms with E-state index >= 15 is 0 Å². The van der Waals surface area contributed by atoms with E-state index in [9.17, 15) is 4.79 Å². The number of fused-ring (bicyclic) bond motifs is 1. The van der Waals surface area contributed by atoms with Gasteiger partial charge in [0.1, 0.15) is 5.78 Å². The lowest BCUT2D eigenvalue weighted by Crippen LogP contribution is -1.92. The lowest BCUT2D eigenvalue weighted by Gasteiger charge is -2.00. The van der Waals surface area contributed by atoms with Crippen molar-refractivity contribution in [3.63, 3.8) is 0 Å². The average molecular weight is 160 g/mol. The molecule has 0 fully saturated rings. The van der Waals surface area contributed by atoms with Gasteiger partial charge >= 0.3 is 0 Å². The summed E-state index contributed by atoms with van der Waals surface area (Å²) in [6.45, 7) is 2.14. The van der Waals surface area contributed by atoms with Crippen LogP contribution < -0.4 is 0 Å². The quantitative estimate of drug-likeness (QED) is 0.613. The van der Waals surface area contributed by atoms with Gasteiger partial charge in [-0.05, 0) is 23.1 Å². The monoisotopic (exact) mass is 160 g/mol. The standard InChI is InChI=1S/C11H12O/c1-2-8-3-4-9-6-11(12)7-10(9)5-8/h3-5H,2,6-7H2,1H3. The summed E-state index contributed by atoms with van der Waals surface area (Å²) in [5.74, 6) is 0.359. The van der Waals surface area contributed by atoms with Gasteiger partial charge in [0.2, 0.25) is 0 Å². The van der Waals surface area contributed by atoms with Gasteiger partial charge in [-0.3, -0.25) is 4.79 Å². The SMILES string of the molecule is CCc1ccc2c(c1)CC(=O)C2. The van der Waals surface area contributed by atoms with Crippen molar-refractivity contribution in [2.24, 2.45) is 0 Å². The van der Waals surface area contributed by atoms with Gasteiger partial charge in [-0.15, -0.1) is 0 Å². The van der Waals surface area contributed by atoms with Gasteiger partial charge in [0.15, 0.2) is 0 Å².